The van der Waals surface area contributed by atoms with E-state index in [-0.39, 0.29) is 6.04 Å². The summed E-state index contributed by atoms with van der Waals surface area (Å²) in [6.07, 6.45) is 0. The molecule has 0 radical (unpaired) electrons. The molecule has 4 aromatic rings. The number of hydrogen-bond acceptors (Lipinski definition) is 4. The van der Waals surface area contributed by atoms with Crippen molar-refractivity contribution in [2.75, 3.05) is 0 Å². The largest absolute Gasteiger partial charge is 0.419 e. The summed E-state index contributed by atoms with van der Waals surface area (Å²) in [7, 11) is 0. The highest BCUT2D eigenvalue weighted by Crippen LogP contribution is 2.24. The average Bonchev–Trinajstić information content (AvgIpc) is 3.19. The van der Waals surface area contributed by atoms with Gasteiger partial charge < -0.3 is 4.42 Å². The maximum atomic E-state index is 5.88. The van der Waals surface area contributed by atoms with Gasteiger partial charge in [-0.15, -0.1) is 10.2 Å². The van der Waals surface area contributed by atoms with Crippen LogP contribution in [-0.2, 0) is 6.54 Å². The van der Waals surface area contributed by atoms with Crippen LogP contribution in [0.4, 0.5) is 0 Å². The minimum absolute atomic E-state index is 0.0520. The molecule has 4 heteroatoms. The van der Waals surface area contributed by atoms with Gasteiger partial charge in [-0.2, -0.15) is 0 Å². The molecule has 1 atom stereocenters. The number of nitrogens with one attached hydrogen (secondary N) is 1. The number of benzene rings is 3. The van der Waals surface area contributed by atoms with Gasteiger partial charge in [0.05, 0.1) is 12.6 Å². The Balaban J connectivity index is 1.54. The van der Waals surface area contributed by atoms with Gasteiger partial charge in [0.2, 0.25) is 11.8 Å². The molecule has 0 spiro atoms. The lowest BCUT2D eigenvalue weighted by Gasteiger charge is -2.19. The lowest BCUT2D eigenvalue weighted by atomic mass is 9.98. The van der Waals surface area contributed by atoms with Gasteiger partial charge >= 0.3 is 0 Å². The fourth-order valence-electron chi connectivity index (χ4n) is 3.24. The summed E-state index contributed by atoms with van der Waals surface area (Å²) in [6.45, 7) is 4.64. The molecule has 1 N–H and O–H groups in total. The number of aryl methyl sites for hydroxylation is 2. The first-order valence-electron chi connectivity index (χ1n) is 9.43. The molecule has 0 amide bonds. The number of hydrogen-bond donors (Lipinski definition) is 1. The van der Waals surface area contributed by atoms with Crippen LogP contribution < -0.4 is 5.32 Å². The van der Waals surface area contributed by atoms with E-state index in [1.807, 2.05) is 37.3 Å². The van der Waals surface area contributed by atoms with Crippen molar-refractivity contribution < 1.29 is 4.42 Å². The molecule has 4 rings (SSSR count). The SMILES string of the molecule is Cc1ccc(C(NCc2nnc(-c3cccc(C)c3)o2)c2ccccc2)cc1. The topological polar surface area (TPSA) is 51.0 Å². The van der Waals surface area contributed by atoms with E-state index in [1.54, 1.807) is 0 Å². The van der Waals surface area contributed by atoms with E-state index >= 15 is 0 Å². The molecule has 0 bridgehead atoms. The Labute approximate surface area is 165 Å². The summed E-state index contributed by atoms with van der Waals surface area (Å²) < 4.78 is 5.88. The third kappa shape index (κ3) is 4.18. The average molecular weight is 369 g/mol. The first kappa shape index (κ1) is 18.1. The number of rotatable bonds is 6. The third-order valence-corrected chi connectivity index (χ3v) is 4.73. The van der Waals surface area contributed by atoms with E-state index in [4.69, 9.17) is 4.42 Å². The van der Waals surface area contributed by atoms with E-state index in [9.17, 15) is 0 Å². The Morgan fingerprint density at radius 3 is 2.29 bits per heavy atom. The molecular weight excluding hydrogens is 346 g/mol. The molecule has 0 saturated heterocycles. The van der Waals surface area contributed by atoms with Gasteiger partial charge in [0.15, 0.2) is 0 Å². The first-order valence-corrected chi connectivity index (χ1v) is 9.43. The monoisotopic (exact) mass is 369 g/mol. The summed E-state index contributed by atoms with van der Waals surface area (Å²) in [5.74, 6) is 1.12. The Morgan fingerprint density at radius 2 is 1.54 bits per heavy atom. The van der Waals surface area contributed by atoms with Gasteiger partial charge in [-0.3, -0.25) is 5.32 Å². The van der Waals surface area contributed by atoms with Crippen molar-refractivity contribution in [1.29, 1.82) is 0 Å². The van der Waals surface area contributed by atoms with Gasteiger partial charge in [0.25, 0.3) is 0 Å². The second kappa shape index (κ2) is 8.19. The van der Waals surface area contributed by atoms with Crippen LogP contribution in [0.3, 0.4) is 0 Å². The van der Waals surface area contributed by atoms with E-state index in [0.29, 0.717) is 18.3 Å². The van der Waals surface area contributed by atoms with Crippen molar-refractivity contribution in [2.45, 2.75) is 26.4 Å². The molecule has 28 heavy (non-hydrogen) atoms. The zero-order valence-electron chi connectivity index (χ0n) is 16.1. The van der Waals surface area contributed by atoms with Crippen LogP contribution in [0.5, 0.6) is 0 Å². The lowest BCUT2D eigenvalue weighted by Crippen LogP contribution is -2.22. The van der Waals surface area contributed by atoms with Crippen LogP contribution in [0.25, 0.3) is 11.5 Å². The van der Waals surface area contributed by atoms with Crippen LogP contribution in [0.15, 0.2) is 83.3 Å². The Hall–Kier alpha value is -3.24. The normalized spacial score (nSPS) is 12.1. The zero-order chi connectivity index (χ0) is 19.3. The molecule has 0 aliphatic heterocycles. The molecule has 4 nitrogen and oxygen atoms in total. The van der Waals surface area contributed by atoms with Gasteiger partial charge in [-0.1, -0.05) is 77.9 Å². The van der Waals surface area contributed by atoms with Crippen molar-refractivity contribution in [1.82, 2.24) is 15.5 Å². The lowest BCUT2D eigenvalue weighted by molar-refractivity contribution is 0.462. The number of nitrogens with zero attached hydrogens (tertiary/aromatic N) is 2. The van der Waals surface area contributed by atoms with Crippen LogP contribution >= 0.6 is 0 Å². The molecule has 1 unspecified atom stereocenters. The third-order valence-electron chi connectivity index (χ3n) is 4.73. The van der Waals surface area contributed by atoms with Crippen molar-refractivity contribution >= 4 is 0 Å². The Kier molecular flexibility index (Phi) is 5.31. The predicted molar refractivity (Wildman–Crippen MR) is 111 cm³/mol. The van der Waals surface area contributed by atoms with E-state index in [1.165, 1.54) is 22.3 Å². The fraction of sp³-hybridized carbons (Fsp3) is 0.167. The van der Waals surface area contributed by atoms with Crippen LogP contribution in [0.1, 0.15) is 34.2 Å². The molecule has 0 saturated carbocycles. The maximum absolute atomic E-state index is 5.88. The van der Waals surface area contributed by atoms with E-state index < -0.39 is 0 Å². The van der Waals surface area contributed by atoms with Crippen molar-refractivity contribution in [3.05, 3.63) is 107 Å². The zero-order valence-corrected chi connectivity index (χ0v) is 16.1. The highest BCUT2D eigenvalue weighted by atomic mass is 16.4. The van der Waals surface area contributed by atoms with Crippen molar-refractivity contribution in [2.24, 2.45) is 0 Å². The molecule has 0 aliphatic rings. The summed E-state index contributed by atoms with van der Waals surface area (Å²) >= 11 is 0. The number of aromatic nitrogens is 2. The minimum atomic E-state index is 0.0520. The van der Waals surface area contributed by atoms with E-state index in [0.717, 1.165) is 5.56 Å². The molecule has 1 aromatic heterocycles. The Bertz CT molecular complexity index is 1040. The van der Waals surface area contributed by atoms with Crippen molar-refractivity contribution in [3.63, 3.8) is 0 Å². The predicted octanol–water partition coefficient (Wildman–Crippen LogP) is 5.23. The minimum Gasteiger partial charge on any atom is -0.419 e. The molecule has 140 valence electrons. The van der Waals surface area contributed by atoms with Crippen LogP contribution in [0, 0.1) is 13.8 Å². The van der Waals surface area contributed by atoms with Gasteiger partial charge in [0.1, 0.15) is 0 Å². The second-order valence-corrected chi connectivity index (χ2v) is 7.01. The van der Waals surface area contributed by atoms with E-state index in [2.05, 4.69) is 71.0 Å². The van der Waals surface area contributed by atoms with Crippen LogP contribution in [-0.4, -0.2) is 10.2 Å². The summed E-state index contributed by atoms with van der Waals surface area (Å²) in [5, 5.41) is 12.0. The fourth-order valence-corrected chi connectivity index (χ4v) is 3.24. The second-order valence-electron chi connectivity index (χ2n) is 7.01. The maximum Gasteiger partial charge on any atom is 0.247 e. The van der Waals surface area contributed by atoms with Gasteiger partial charge in [-0.25, -0.2) is 0 Å². The molecule has 1 heterocycles. The summed E-state index contributed by atoms with van der Waals surface area (Å²) in [4.78, 5) is 0. The van der Waals surface area contributed by atoms with Crippen molar-refractivity contribution in [3.8, 4) is 11.5 Å². The van der Waals surface area contributed by atoms with Crippen LogP contribution in [0.2, 0.25) is 0 Å². The first-order chi connectivity index (χ1) is 13.7. The molecule has 3 aromatic carbocycles. The Morgan fingerprint density at radius 1 is 0.786 bits per heavy atom. The standard InChI is InChI=1S/C24H23N3O/c1-17-11-13-20(14-12-17)23(19-8-4-3-5-9-19)25-16-22-26-27-24(28-22)21-10-6-7-18(2)15-21/h3-15,23,25H,16H2,1-2H3. The van der Waals surface area contributed by atoms with Gasteiger partial charge in [-0.05, 0) is 37.1 Å². The summed E-state index contributed by atoms with van der Waals surface area (Å²) in [5.41, 5.74) is 5.76. The molecule has 0 fully saturated rings. The molecule has 0 aliphatic carbocycles. The van der Waals surface area contributed by atoms with Gasteiger partial charge in [0, 0.05) is 5.56 Å². The quantitative estimate of drug-likeness (QED) is 0.505. The molecular formula is C24H23N3O. The highest BCUT2D eigenvalue weighted by molar-refractivity contribution is 5.53. The highest BCUT2D eigenvalue weighted by Gasteiger charge is 2.15. The summed E-state index contributed by atoms with van der Waals surface area (Å²) in [6, 6.07) is 27.1. The smallest absolute Gasteiger partial charge is 0.247 e.